The number of sulfone groups is 1. The highest BCUT2D eigenvalue weighted by Gasteiger charge is 2.12. The summed E-state index contributed by atoms with van der Waals surface area (Å²) in [5, 5.41) is 6.37. The molecule has 1 heterocycles. The van der Waals surface area contributed by atoms with Crippen LogP contribution in [0, 0.1) is 0 Å². The molecule has 136 valence electrons. The quantitative estimate of drug-likeness (QED) is 0.405. The van der Waals surface area contributed by atoms with Crippen LogP contribution in [-0.4, -0.2) is 39.8 Å². The van der Waals surface area contributed by atoms with E-state index in [1.807, 2.05) is 19.1 Å². The summed E-state index contributed by atoms with van der Waals surface area (Å²) in [4.78, 5) is 4.79. The Morgan fingerprint density at radius 1 is 1.12 bits per heavy atom. The van der Waals surface area contributed by atoms with Gasteiger partial charge in [-0.1, -0.05) is 18.2 Å². The molecule has 6 nitrogen and oxygen atoms in total. The van der Waals surface area contributed by atoms with Crippen LogP contribution in [0.25, 0.3) is 0 Å². The van der Waals surface area contributed by atoms with Crippen molar-refractivity contribution < 1.29 is 12.8 Å². The monoisotopic (exact) mass is 363 g/mol. The van der Waals surface area contributed by atoms with E-state index in [0.29, 0.717) is 30.4 Å². The molecular weight excluding hydrogens is 338 g/mol. The number of nitrogens with one attached hydrogen (secondary N) is 2. The number of hydrogen-bond acceptors (Lipinski definition) is 4. The fourth-order valence-corrected chi connectivity index (χ4v) is 3.61. The van der Waals surface area contributed by atoms with Gasteiger partial charge in [0, 0.05) is 26.1 Å². The molecule has 2 rings (SSSR count). The molecule has 1 aromatic heterocycles. The van der Waals surface area contributed by atoms with Crippen LogP contribution >= 0.6 is 0 Å². The summed E-state index contributed by atoms with van der Waals surface area (Å²) in [5.74, 6) is 1.69. The highest BCUT2D eigenvalue weighted by atomic mass is 32.2. The number of rotatable bonds is 9. The van der Waals surface area contributed by atoms with Gasteiger partial charge >= 0.3 is 0 Å². The van der Waals surface area contributed by atoms with Crippen molar-refractivity contribution in [1.82, 2.24) is 10.6 Å². The van der Waals surface area contributed by atoms with Crippen LogP contribution in [0.4, 0.5) is 0 Å². The van der Waals surface area contributed by atoms with Crippen LogP contribution in [0.1, 0.15) is 19.1 Å². The van der Waals surface area contributed by atoms with Crippen LogP contribution in [0.3, 0.4) is 0 Å². The number of benzene rings is 1. The second-order valence-electron chi connectivity index (χ2n) is 5.50. The lowest BCUT2D eigenvalue weighted by Gasteiger charge is -2.10. The van der Waals surface area contributed by atoms with Gasteiger partial charge in [-0.3, -0.25) is 4.99 Å². The Labute approximate surface area is 149 Å². The lowest BCUT2D eigenvalue weighted by Crippen LogP contribution is -2.38. The van der Waals surface area contributed by atoms with Crippen molar-refractivity contribution in [1.29, 1.82) is 0 Å². The Balaban J connectivity index is 1.78. The summed E-state index contributed by atoms with van der Waals surface area (Å²) >= 11 is 0. The lowest BCUT2D eigenvalue weighted by atomic mass is 10.3. The predicted molar refractivity (Wildman–Crippen MR) is 99.5 cm³/mol. The summed E-state index contributed by atoms with van der Waals surface area (Å²) in [6, 6.07) is 12.3. The van der Waals surface area contributed by atoms with E-state index in [2.05, 4.69) is 15.6 Å². The van der Waals surface area contributed by atoms with Crippen molar-refractivity contribution in [3.63, 3.8) is 0 Å². The summed E-state index contributed by atoms with van der Waals surface area (Å²) in [6.07, 6.45) is 2.90. The van der Waals surface area contributed by atoms with Crippen molar-refractivity contribution >= 4 is 15.8 Å². The van der Waals surface area contributed by atoms with Gasteiger partial charge in [-0.15, -0.1) is 0 Å². The van der Waals surface area contributed by atoms with Gasteiger partial charge in [-0.2, -0.15) is 0 Å². The molecule has 7 heteroatoms. The normalized spacial score (nSPS) is 12.1. The number of furan rings is 1. The second-order valence-corrected chi connectivity index (χ2v) is 7.61. The van der Waals surface area contributed by atoms with Crippen molar-refractivity contribution in [3.8, 4) is 0 Å². The first kappa shape index (κ1) is 19.1. The minimum Gasteiger partial charge on any atom is -0.469 e. The SMILES string of the molecule is CCNC(=NCCCS(=O)(=O)c1ccccc1)NCCc1ccco1. The van der Waals surface area contributed by atoms with E-state index in [0.717, 1.165) is 18.7 Å². The Kier molecular flexibility index (Phi) is 7.53. The molecule has 0 aliphatic heterocycles. The Morgan fingerprint density at radius 2 is 1.92 bits per heavy atom. The number of nitrogens with zero attached hydrogens (tertiary/aromatic N) is 1. The molecule has 0 unspecified atom stereocenters. The molecule has 0 aliphatic rings. The molecule has 0 spiro atoms. The zero-order chi connectivity index (χ0) is 18.0. The summed E-state index contributed by atoms with van der Waals surface area (Å²) < 4.78 is 29.7. The molecule has 0 radical (unpaired) electrons. The first-order chi connectivity index (χ1) is 12.1. The summed E-state index contributed by atoms with van der Waals surface area (Å²) in [6.45, 7) is 3.88. The van der Waals surface area contributed by atoms with Gasteiger partial charge < -0.3 is 15.1 Å². The number of guanidine groups is 1. The third-order valence-corrected chi connectivity index (χ3v) is 5.35. The lowest BCUT2D eigenvalue weighted by molar-refractivity contribution is 0.507. The first-order valence-corrected chi connectivity index (χ1v) is 10.1. The summed E-state index contributed by atoms with van der Waals surface area (Å²) in [5.41, 5.74) is 0. The molecule has 2 N–H and O–H groups in total. The van der Waals surface area contributed by atoms with E-state index in [4.69, 9.17) is 4.42 Å². The van der Waals surface area contributed by atoms with Crippen molar-refractivity contribution in [2.45, 2.75) is 24.7 Å². The fraction of sp³-hybridized carbons (Fsp3) is 0.389. The fourth-order valence-electron chi connectivity index (χ4n) is 2.29. The molecule has 2 aromatic rings. The molecule has 0 amide bonds. The van der Waals surface area contributed by atoms with Crippen LogP contribution in [-0.2, 0) is 16.3 Å². The molecule has 1 aromatic carbocycles. The van der Waals surface area contributed by atoms with Gasteiger partial charge in [-0.25, -0.2) is 8.42 Å². The van der Waals surface area contributed by atoms with Crippen LogP contribution in [0.15, 0.2) is 63.0 Å². The van der Waals surface area contributed by atoms with E-state index >= 15 is 0 Å². The average molecular weight is 363 g/mol. The standard InChI is InChI=1S/C18H25N3O3S/c1-2-19-18(21-13-11-16-8-6-14-24-16)20-12-7-15-25(22,23)17-9-4-3-5-10-17/h3-6,8-10,14H,2,7,11-13,15H2,1H3,(H2,19,20,21). The molecular formula is C18H25N3O3S. The smallest absolute Gasteiger partial charge is 0.191 e. The van der Waals surface area contributed by atoms with Crippen molar-refractivity contribution in [2.24, 2.45) is 4.99 Å². The number of hydrogen-bond donors (Lipinski definition) is 2. The predicted octanol–water partition coefficient (Wildman–Crippen LogP) is 2.24. The summed E-state index contributed by atoms with van der Waals surface area (Å²) in [7, 11) is -3.24. The topological polar surface area (TPSA) is 83.7 Å². The highest BCUT2D eigenvalue weighted by Crippen LogP contribution is 2.10. The minimum absolute atomic E-state index is 0.0896. The van der Waals surface area contributed by atoms with Gasteiger partial charge in [0.15, 0.2) is 15.8 Å². The van der Waals surface area contributed by atoms with Crippen LogP contribution < -0.4 is 10.6 Å². The van der Waals surface area contributed by atoms with Gasteiger partial charge in [0.05, 0.1) is 16.9 Å². The van der Waals surface area contributed by atoms with E-state index in [9.17, 15) is 8.42 Å². The Bertz CT molecular complexity index is 741. The van der Waals surface area contributed by atoms with E-state index in [-0.39, 0.29) is 5.75 Å². The van der Waals surface area contributed by atoms with Crippen LogP contribution in [0.5, 0.6) is 0 Å². The zero-order valence-corrected chi connectivity index (χ0v) is 15.3. The van der Waals surface area contributed by atoms with Gasteiger partial charge in [0.2, 0.25) is 0 Å². The Hall–Kier alpha value is -2.28. The molecule has 0 bridgehead atoms. The first-order valence-electron chi connectivity index (χ1n) is 8.44. The molecule has 0 fully saturated rings. The number of aliphatic imine (C=N–C) groups is 1. The van der Waals surface area contributed by atoms with Crippen molar-refractivity contribution in [2.75, 3.05) is 25.4 Å². The maximum absolute atomic E-state index is 12.2. The maximum atomic E-state index is 12.2. The average Bonchev–Trinajstić information content (AvgIpc) is 3.13. The van der Waals surface area contributed by atoms with Crippen molar-refractivity contribution in [3.05, 3.63) is 54.5 Å². The highest BCUT2D eigenvalue weighted by molar-refractivity contribution is 7.91. The van der Waals surface area contributed by atoms with Gasteiger partial charge in [-0.05, 0) is 37.6 Å². The Morgan fingerprint density at radius 3 is 2.60 bits per heavy atom. The van der Waals surface area contributed by atoms with Gasteiger partial charge in [0.25, 0.3) is 0 Å². The zero-order valence-electron chi connectivity index (χ0n) is 14.4. The minimum atomic E-state index is -3.24. The largest absolute Gasteiger partial charge is 0.469 e. The molecule has 0 atom stereocenters. The molecule has 0 saturated carbocycles. The van der Waals surface area contributed by atoms with Gasteiger partial charge in [0.1, 0.15) is 5.76 Å². The van der Waals surface area contributed by atoms with Crippen LogP contribution in [0.2, 0.25) is 0 Å². The molecule has 0 aliphatic carbocycles. The van der Waals surface area contributed by atoms with E-state index in [1.54, 1.807) is 36.6 Å². The third-order valence-electron chi connectivity index (χ3n) is 3.53. The van der Waals surface area contributed by atoms with E-state index < -0.39 is 9.84 Å². The second kappa shape index (κ2) is 9.88. The third kappa shape index (κ3) is 6.62. The maximum Gasteiger partial charge on any atom is 0.191 e. The molecule has 0 saturated heterocycles. The van der Waals surface area contributed by atoms with E-state index in [1.165, 1.54) is 0 Å². The molecule has 25 heavy (non-hydrogen) atoms.